The Morgan fingerprint density at radius 1 is 1.07 bits per heavy atom. The molecule has 5 rings (SSSR count). The molecule has 0 bridgehead atoms. The molecular weight excluding hydrogens is 548 g/mol. The van der Waals surface area contributed by atoms with Crippen LogP contribution in [-0.4, -0.2) is 68.7 Å². The maximum absolute atomic E-state index is 13.5. The van der Waals surface area contributed by atoms with Crippen LogP contribution in [-0.2, 0) is 30.8 Å². The number of carbonyl (C=O) groups excluding carboxylic acids is 3. The van der Waals surface area contributed by atoms with Crippen molar-refractivity contribution in [1.82, 2.24) is 20.1 Å². The zero-order chi connectivity index (χ0) is 30.7. The normalized spacial score (nSPS) is 16.8. The predicted octanol–water partition coefficient (Wildman–Crippen LogP) is 4.09. The van der Waals surface area contributed by atoms with Gasteiger partial charge in [0.2, 0.25) is 0 Å². The first kappa shape index (κ1) is 30.0. The van der Waals surface area contributed by atoms with E-state index in [9.17, 15) is 19.5 Å². The maximum Gasteiger partial charge on any atom is 0.410 e. The molecule has 10 nitrogen and oxygen atoms in total. The van der Waals surface area contributed by atoms with Gasteiger partial charge in [0.1, 0.15) is 11.4 Å². The van der Waals surface area contributed by atoms with Crippen LogP contribution in [0.4, 0.5) is 4.79 Å². The number of hydrogen-bond donors (Lipinski definition) is 2. The Morgan fingerprint density at radius 2 is 1.79 bits per heavy atom. The fraction of sp³-hybridized carbons (Fsp3) is 0.394. The molecule has 0 fully saturated rings. The van der Waals surface area contributed by atoms with Crippen molar-refractivity contribution in [1.29, 1.82) is 0 Å². The molecule has 2 aliphatic rings. The average molecular weight is 587 g/mol. The van der Waals surface area contributed by atoms with Crippen molar-refractivity contribution in [3.8, 4) is 5.75 Å². The SMILES string of the molecule is CCOc1cc2c(cc1C(=O)NC[C@@H](O)[C@@H]1Cc3ccccc3CN1C(=O)OC(C)(C)C)CN(Cc1ccncc1)C2=O. The Labute approximate surface area is 251 Å². The average Bonchev–Trinajstić information content (AvgIpc) is 3.28. The fourth-order valence-electron chi connectivity index (χ4n) is 5.53. The number of nitrogens with one attached hydrogen (secondary N) is 1. The Balaban J connectivity index is 1.32. The van der Waals surface area contributed by atoms with Crippen LogP contribution in [0.15, 0.2) is 60.9 Å². The third kappa shape index (κ3) is 6.80. The van der Waals surface area contributed by atoms with Gasteiger partial charge in [-0.3, -0.25) is 19.5 Å². The van der Waals surface area contributed by atoms with E-state index in [0.29, 0.717) is 44.0 Å². The van der Waals surface area contributed by atoms with Gasteiger partial charge in [0.15, 0.2) is 0 Å². The number of aliphatic hydroxyl groups excluding tert-OH is 1. The quantitative estimate of drug-likeness (QED) is 0.408. The monoisotopic (exact) mass is 586 g/mol. The highest BCUT2D eigenvalue weighted by molar-refractivity contribution is 6.03. The number of ether oxygens (including phenoxy) is 2. The predicted molar refractivity (Wildman–Crippen MR) is 159 cm³/mol. The van der Waals surface area contributed by atoms with Gasteiger partial charge in [0.05, 0.1) is 24.3 Å². The first-order valence-electron chi connectivity index (χ1n) is 14.5. The van der Waals surface area contributed by atoms with Crippen molar-refractivity contribution in [2.75, 3.05) is 13.2 Å². The molecular formula is C33H38N4O6. The molecule has 1 aromatic heterocycles. The lowest BCUT2D eigenvalue weighted by Gasteiger charge is -2.40. The van der Waals surface area contributed by atoms with Gasteiger partial charge in [-0.15, -0.1) is 0 Å². The number of rotatable bonds is 8. The summed E-state index contributed by atoms with van der Waals surface area (Å²) in [6, 6.07) is 14.2. The Morgan fingerprint density at radius 3 is 2.49 bits per heavy atom. The van der Waals surface area contributed by atoms with Gasteiger partial charge in [-0.25, -0.2) is 4.79 Å². The summed E-state index contributed by atoms with van der Waals surface area (Å²) in [7, 11) is 0. The third-order valence-corrected chi connectivity index (χ3v) is 7.58. The number of aliphatic hydroxyl groups is 1. The number of pyridine rings is 1. The van der Waals surface area contributed by atoms with E-state index in [1.54, 1.807) is 50.2 Å². The van der Waals surface area contributed by atoms with Crippen molar-refractivity contribution >= 4 is 17.9 Å². The molecule has 0 aliphatic carbocycles. The van der Waals surface area contributed by atoms with E-state index in [0.717, 1.165) is 22.3 Å². The molecule has 226 valence electrons. The third-order valence-electron chi connectivity index (χ3n) is 7.58. The second kappa shape index (κ2) is 12.4. The largest absolute Gasteiger partial charge is 0.493 e. The highest BCUT2D eigenvalue weighted by Gasteiger charge is 2.37. The summed E-state index contributed by atoms with van der Waals surface area (Å²) in [5.74, 6) is -0.269. The standard InChI is InChI=1S/C33H38N4O6/c1-5-42-29-16-25-24(19-36(31(25)40)18-21-10-12-34-13-11-21)14-26(29)30(39)35-17-28(38)27-15-22-8-6-7-9-23(22)20-37(27)32(41)43-33(2,3)4/h6-14,16,27-28,38H,5,15,17-20H2,1-4H3,(H,35,39)/t27-,28+/m0/s1. The Kier molecular flexibility index (Phi) is 8.68. The minimum absolute atomic E-state index is 0.0965. The molecule has 43 heavy (non-hydrogen) atoms. The lowest BCUT2D eigenvalue weighted by Crippen LogP contribution is -2.54. The zero-order valence-corrected chi connectivity index (χ0v) is 25.0. The van der Waals surface area contributed by atoms with Crippen molar-refractivity contribution in [3.63, 3.8) is 0 Å². The summed E-state index contributed by atoms with van der Waals surface area (Å²) in [5.41, 5.74) is 3.80. The molecule has 3 amide bonds. The van der Waals surface area contributed by atoms with Gasteiger partial charge in [-0.1, -0.05) is 24.3 Å². The summed E-state index contributed by atoms with van der Waals surface area (Å²) in [6.45, 7) is 8.49. The van der Waals surface area contributed by atoms with Gasteiger partial charge < -0.3 is 24.8 Å². The van der Waals surface area contributed by atoms with E-state index < -0.39 is 29.7 Å². The van der Waals surface area contributed by atoms with Crippen LogP contribution in [0.5, 0.6) is 5.75 Å². The second-order valence-electron chi connectivity index (χ2n) is 11.9. The fourth-order valence-corrected chi connectivity index (χ4v) is 5.53. The summed E-state index contributed by atoms with van der Waals surface area (Å²) in [5, 5.41) is 14.1. The molecule has 0 unspecified atom stereocenters. The van der Waals surface area contributed by atoms with Gasteiger partial charge >= 0.3 is 6.09 Å². The molecule has 2 N–H and O–H groups in total. The zero-order valence-electron chi connectivity index (χ0n) is 25.0. The van der Waals surface area contributed by atoms with E-state index in [1.807, 2.05) is 43.3 Å². The minimum Gasteiger partial charge on any atom is -0.493 e. The van der Waals surface area contributed by atoms with Crippen LogP contribution in [0.1, 0.15) is 70.7 Å². The van der Waals surface area contributed by atoms with Crippen LogP contribution < -0.4 is 10.1 Å². The van der Waals surface area contributed by atoms with E-state index in [-0.39, 0.29) is 18.0 Å². The molecule has 0 saturated heterocycles. The topological polar surface area (TPSA) is 121 Å². The second-order valence-corrected chi connectivity index (χ2v) is 11.9. The van der Waals surface area contributed by atoms with E-state index >= 15 is 0 Å². The number of nitrogens with zero attached hydrogens (tertiary/aromatic N) is 3. The van der Waals surface area contributed by atoms with E-state index in [4.69, 9.17) is 9.47 Å². The first-order valence-corrected chi connectivity index (χ1v) is 14.5. The van der Waals surface area contributed by atoms with Crippen molar-refractivity contribution in [2.24, 2.45) is 0 Å². The molecule has 2 aliphatic heterocycles. The van der Waals surface area contributed by atoms with Gasteiger partial charge in [-0.05, 0) is 80.6 Å². The molecule has 0 radical (unpaired) electrons. The summed E-state index contributed by atoms with van der Waals surface area (Å²) in [6.07, 6.45) is 2.21. The maximum atomic E-state index is 13.5. The van der Waals surface area contributed by atoms with E-state index in [2.05, 4.69) is 10.3 Å². The molecule has 10 heteroatoms. The summed E-state index contributed by atoms with van der Waals surface area (Å²) >= 11 is 0. The number of aromatic nitrogens is 1. The number of fused-ring (bicyclic) bond motifs is 2. The summed E-state index contributed by atoms with van der Waals surface area (Å²) in [4.78, 5) is 47.1. The van der Waals surface area contributed by atoms with Crippen molar-refractivity contribution < 1.29 is 29.0 Å². The lowest BCUT2D eigenvalue weighted by atomic mass is 9.91. The first-order chi connectivity index (χ1) is 20.5. The van der Waals surface area contributed by atoms with E-state index in [1.165, 1.54) is 4.90 Å². The van der Waals surface area contributed by atoms with Crippen LogP contribution in [0.3, 0.4) is 0 Å². The van der Waals surface area contributed by atoms with Crippen molar-refractivity contribution in [3.05, 3.63) is 94.3 Å². The van der Waals surface area contributed by atoms with Crippen molar-refractivity contribution in [2.45, 2.75) is 71.5 Å². The molecule has 0 spiro atoms. The van der Waals surface area contributed by atoms with Crippen LogP contribution in [0.2, 0.25) is 0 Å². The number of benzene rings is 2. The highest BCUT2D eigenvalue weighted by Crippen LogP contribution is 2.32. The molecule has 3 aromatic rings. The van der Waals surface area contributed by atoms with Gasteiger partial charge in [0.25, 0.3) is 11.8 Å². The molecule has 3 heterocycles. The number of carbonyl (C=O) groups is 3. The van der Waals surface area contributed by atoms with Crippen LogP contribution >= 0.6 is 0 Å². The molecule has 2 atom stereocenters. The van der Waals surface area contributed by atoms with Crippen LogP contribution in [0, 0.1) is 0 Å². The molecule has 2 aromatic carbocycles. The lowest BCUT2D eigenvalue weighted by molar-refractivity contribution is -0.0113. The number of amides is 3. The van der Waals surface area contributed by atoms with Gasteiger partial charge in [-0.2, -0.15) is 0 Å². The Hall–Kier alpha value is -4.44. The minimum atomic E-state index is -1.06. The molecule has 0 saturated carbocycles. The Bertz CT molecular complexity index is 1500. The highest BCUT2D eigenvalue weighted by atomic mass is 16.6. The smallest absolute Gasteiger partial charge is 0.410 e. The van der Waals surface area contributed by atoms with Crippen LogP contribution in [0.25, 0.3) is 0 Å². The summed E-state index contributed by atoms with van der Waals surface area (Å²) < 4.78 is 11.4. The number of hydrogen-bond acceptors (Lipinski definition) is 7. The van der Waals surface area contributed by atoms with Gasteiger partial charge in [0, 0.05) is 44.1 Å².